The minimum absolute atomic E-state index is 0.294. The Bertz CT molecular complexity index is 845. The Balaban J connectivity index is 1.62. The first-order chi connectivity index (χ1) is 12.1. The second-order valence-electron chi connectivity index (χ2n) is 6.14. The summed E-state index contributed by atoms with van der Waals surface area (Å²) in [6.07, 6.45) is 6.20. The van der Waals surface area contributed by atoms with Crippen LogP contribution in [-0.2, 0) is 6.42 Å². The molecule has 1 aromatic carbocycles. The summed E-state index contributed by atoms with van der Waals surface area (Å²) in [6.45, 7) is 4.35. The molecule has 0 fully saturated rings. The molecule has 128 valence electrons. The number of urea groups is 1. The van der Waals surface area contributed by atoms with Crippen molar-refractivity contribution in [3.63, 3.8) is 0 Å². The minimum atomic E-state index is -0.294. The van der Waals surface area contributed by atoms with Crippen molar-refractivity contribution in [2.45, 2.75) is 20.3 Å². The maximum Gasteiger partial charge on any atom is 0.325 e. The second kappa shape index (κ2) is 7.90. The molecule has 25 heavy (non-hydrogen) atoms. The average molecular weight is 352 g/mol. The molecule has 0 unspecified atom stereocenters. The molecular weight excluding hydrogens is 332 g/mol. The molecule has 2 amide bonds. The number of benzene rings is 1. The maximum atomic E-state index is 12.2. The third kappa shape index (κ3) is 4.87. The summed E-state index contributed by atoms with van der Waals surface area (Å²) in [5, 5.41) is 6.20. The van der Waals surface area contributed by atoms with E-state index in [1.165, 1.54) is 16.9 Å². The van der Waals surface area contributed by atoms with Gasteiger partial charge in [-0.1, -0.05) is 37.3 Å². The lowest BCUT2D eigenvalue weighted by Gasteiger charge is -2.09. The van der Waals surface area contributed by atoms with Crippen LogP contribution in [-0.4, -0.2) is 16.0 Å². The van der Waals surface area contributed by atoms with Gasteiger partial charge in [0.1, 0.15) is 0 Å². The number of hydrogen-bond acceptors (Lipinski definition) is 4. The van der Waals surface area contributed by atoms with E-state index < -0.39 is 0 Å². The first-order valence-electron chi connectivity index (χ1n) is 8.13. The van der Waals surface area contributed by atoms with Crippen LogP contribution in [0.15, 0.2) is 55.0 Å². The van der Waals surface area contributed by atoms with Gasteiger partial charge in [-0.3, -0.25) is 10.3 Å². The SMILES string of the molecule is CC(C)Cc1cccc(NC(=O)Nc2ncc(-c3ccncc3)s2)c1. The monoisotopic (exact) mass is 352 g/mol. The van der Waals surface area contributed by atoms with E-state index in [-0.39, 0.29) is 6.03 Å². The second-order valence-corrected chi connectivity index (χ2v) is 7.17. The number of carbonyl (C=O) groups excluding carboxylic acids is 1. The molecular formula is C19H20N4OS. The summed E-state index contributed by atoms with van der Waals surface area (Å²) >= 11 is 1.43. The Morgan fingerprint density at radius 3 is 2.72 bits per heavy atom. The lowest BCUT2D eigenvalue weighted by Crippen LogP contribution is -2.19. The first-order valence-corrected chi connectivity index (χ1v) is 8.95. The van der Waals surface area contributed by atoms with E-state index in [1.807, 2.05) is 30.3 Å². The van der Waals surface area contributed by atoms with E-state index in [4.69, 9.17) is 0 Å². The predicted molar refractivity (Wildman–Crippen MR) is 103 cm³/mol. The van der Waals surface area contributed by atoms with Crippen molar-refractivity contribution in [1.29, 1.82) is 0 Å². The number of rotatable bonds is 5. The van der Waals surface area contributed by atoms with Crippen molar-refractivity contribution >= 4 is 28.2 Å². The predicted octanol–water partition coefficient (Wildman–Crippen LogP) is 5.05. The van der Waals surface area contributed by atoms with Gasteiger partial charge >= 0.3 is 6.03 Å². The summed E-state index contributed by atoms with van der Waals surface area (Å²) in [5.41, 5.74) is 3.02. The average Bonchev–Trinajstić information content (AvgIpc) is 3.03. The van der Waals surface area contributed by atoms with E-state index in [2.05, 4.69) is 40.5 Å². The molecule has 2 N–H and O–H groups in total. The van der Waals surface area contributed by atoms with E-state index in [0.717, 1.165) is 22.5 Å². The fourth-order valence-corrected chi connectivity index (χ4v) is 3.31. The Morgan fingerprint density at radius 2 is 1.96 bits per heavy atom. The van der Waals surface area contributed by atoms with Crippen LogP contribution in [0.3, 0.4) is 0 Å². The van der Waals surface area contributed by atoms with Crippen LogP contribution < -0.4 is 10.6 Å². The zero-order valence-corrected chi connectivity index (χ0v) is 15.0. The standard InChI is InChI=1S/C19H20N4OS/c1-13(2)10-14-4-3-5-16(11-14)22-18(24)23-19-21-12-17(25-19)15-6-8-20-9-7-15/h3-9,11-13H,10H2,1-2H3,(H2,21,22,23,24). The van der Waals surface area contributed by atoms with Gasteiger partial charge in [-0.25, -0.2) is 9.78 Å². The number of thiazole rings is 1. The van der Waals surface area contributed by atoms with E-state index in [1.54, 1.807) is 18.6 Å². The van der Waals surface area contributed by atoms with Crippen LogP contribution >= 0.6 is 11.3 Å². The summed E-state index contributed by atoms with van der Waals surface area (Å²) in [5.74, 6) is 0.575. The Hall–Kier alpha value is -2.73. The van der Waals surface area contributed by atoms with Gasteiger partial charge in [0.25, 0.3) is 0 Å². The number of pyridine rings is 1. The molecule has 5 nitrogen and oxygen atoms in total. The number of anilines is 2. The third-order valence-electron chi connectivity index (χ3n) is 3.52. The van der Waals surface area contributed by atoms with Crippen LogP contribution in [0.1, 0.15) is 19.4 Å². The summed E-state index contributed by atoms with van der Waals surface area (Å²) in [6, 6.07) is 11.5. The number of carbonyl (C=O) groups is 1. The van der Waals surface area contributed by atoms with E-state index in [0.29, 0.717) is 11.0 Å². The molecule has 3 aromatic rings. The number of nitrogens with zero attached hydrogens (tertiary/aromatic N) is 2. The first kappa shape index (κ1) is 17.1. The summed E-state index contributed by atoms with van der Waals surface area (Å²) < 4.78 is 0. The molecule has 0 atom stereocenters. The highest BCUT2D eigenvalue weighted by molar-refractivity contribution is 7.19. The molecule has 0 aliphatic heterocycles. The molecule has 0 aliphatic rings. The molecule has 0 spiro atoms. The molecule has 0 radical (unpaired) electrons. The highest BCUT2D eigenvalue weighted by atomic mass is 32.1. The van der Waals surface area contributed by atoms with Crippen LogP contribution in [0.2, 0.25) is 0 Å². The van der Waals surface area contributed by atoms with Gasteiger partial charge in [0.15, 0.2) is 5.13 Å². The van der Waals surface area contributed by atoms with Crippen molar-refractivity contribution in [2.75, 3.05) is 10.6 Å². The molecule has 6 heteroatoms. The normalized spacial score (nSPS) is 10.7. The molecule has 0 aliphatic carbocycles. The quantitative estimate of drug-likeness (QED) is 0.675. The largest absolute Gasteiger partial charge is 0.325 e. The van der Waals surface area contributed by atoms with Crippen molar-refractivity contribution in [3.05, 3.63) is 60.6 Å². The van der Waals surface area contributed by atoms with Gasteiger partial charge in [0.05, 0.1) is 4.88 Å². The van der Waals surface area contributed by atoms with Crippen LogP contribution in [0.5, 0.6) is 0 Å². The Morgan fingerprint density at radius 1 is 1.16 bits per heavy atom. The van der Waals surface area contributed by atoms with Gasteiger partial charge < -0.3 is 5.32 Å². The number of hydrogen-bond donors (Lipinski definition) is 2. The Kier molecular flexibility index (Phi) is 5.40. The van der Waals surface area contributed by atoms with Gasteiger partial charge in [-0.15, -0.1) is 0 Å². The fourth-order valence-electron chi connectivity index (χ4n) is 2.49. The van der Waals surface area contributed by atoms with Gasteiger partial charge in [-0.2, -0.15) is 0 Å². The fraction of sp³-hybridized carbons (Fsp3) is 0.211. The van der Waals surface area contributed by atoms with Crippen LogP contribution in [0.25, 0.3) is 10.4 Å². The topological polar surface area (TPSA) is 66.9 Å². The molecule has 2 heterocycles. The molecule has 0 bridgehead atoms. The smallest absolute Gasteiger partial charge is 0.308 e. The zero-order valence-electron chi connectivity index (χ0n) is 14.2. The van der Waals surface area contributed by atoms with Gasteiger partial charge in [0, 0.05) is 24.3 Å². The zero-order chi connectivity index (χ0) is 17.6. The van der Waals surface area contributed by atoms with Crippen LogP contribution in [0.4, 0.5) is 15.6 Å². The number of aromatic nitrogens is 2. The lowest BCUT2D eigenvalue weighted by molar-refractivity contribution is 0.262. The molecule has 3 rings (SSSR count). The number of nitrogens with one attached hydrogen (secondary N) is 2. The van der Waals surface area contributed by atoms with Crippen molar-refractivity contribution in [3.8, 4) is 10.4 Å². The molecule has 2 aromatic heterocycles. The van der Waals surface area contributed by atoms with Gasteiger partial charge in [-0.05, 0) is 47.7 Å². The van der Waals surface area contributed by atoms with Crippen molar-refractivity contribution in [1.82, 2.24) is 9.97 Å². The molecule has 0 saturated heterocycles. The van der Waals surface area contributed by atoms with E-state index >= 15 is 0 Å². The third-order valence-corrected chi connectivity index (χ3v) is 4.48. The minimum Gasteiger partial charge on any atom is -0.308 e. The van der Waals surface area contributed by atoms with Gasteiger partial charge in [0.2, 0.25) is 0 Å². The van der Waals surface area contributed by atoms with Crippen molar-refractivity contribution < 1.29 is 4.79 Å². The maximum absolute atomic E-state index is 12.2. The number of amides is 2. The lowest BCUT2D eigenvalue weighted by atomic mass is 10.0. The highest BCUT2D eigenvalue weighted by Gasteiger charge is 2.08. The summed E-state index contributed by atoms with van der Waals surface area (Å²) in [4.78, 5) is 21.4. The van der Waals surface area contributed by atoms with Crippen LogP contribution in [0, 0.1) is 5.92 Å². The Labute approximate surface area is 151 Å². The highest BCUT2D eigenvalue weighted by Crippen LogP contribution is 2.28. The molecule has 0 saturated carbocycles. The summed E-state index contributed by atoms with van der Waals surface area (Å²) in [7, 11) is 0. The van der Waals surface area contributed by atoms with E-state index in [9.17, 15) is 4.79 Å². The van der Waals surface area contributed by atoms with Crippen molar-refractivity contribution in [2.24, 2.45) is 5.92 Å².